The zero-order valence-electron chi connectivity index (χ0n) is 10.3. The van der Waals surface area contributed by atoms with Gasteiger partial charge in [-0.25, -0.2) is 9.18 Å². The molecular weight excluding hydrogens is 292 g/mol. The first-order valence-electron chi connectivity index (χ1n) is 5.56. The van der Waals surface area contributed by atoms with E-state index in [1.807, 2.05) is 0 Å². The predicted octanol–water partition coefficient (Wildman–Crippen LogP) is 3.19. The fourth-order valence-electron chi connectivity index (χ4n) is 1.73. The molecule has 1 heterocycles. The van der Waals surface area contributed by atoms with Crippen LogP contribution in [0.15, 0.2) is 30.5 Å². The molecule has 0 atom stereocenters. The Hall–Kier alpha value is -2.64. The van der Waals surface area contributed by atoms with Crippen molar-refractivity contribution in [2.45, 2.75) is 6.18 Å². The average Bonchev–Trinajstić information content (AvgIpc) is 2.36. The molecule has 0 saturated carbocycles. The van der Waals surface area contributed by atoms with Gasteiger partial charge in [0.15, 0.2) is 0 Å². The van der Waals surface area contributed by atoms with Crippen LogP contribution in [0.2, 0.25) is 0 Å². The SMILES string of the molecule is Nc1cc(-c2ccc(C(F)(F)F)cn2)cc(F)c1C(=O)O. The van der Waals surface area contributed by atoms with Crippen molar-refractivity contribution < 1.29 is 27.5 Å². The summed E-state index contributed by atoms with van der Waals surface area (Å²) in [6.45, 7) is 0. The largest absolute Gasteiger partial charge is 0.478 e. The van der Waals surface area contributed by atoms with Crippen LogP contribution in [-0.4, -0.2) is 16.1 Å². The van der Waals surface area contributed by atoms with E-state index < -0.39 is 29.1 Å². The van der Waals surface area contributed by atoms with Crippen LogP contribution in [0.5, 0.6) is 0 Å². The number of aromatic nitrogens is 1. The molecule has 0 radical (unpaired) electrons. The van der Waals surface area contributed by atoms with E-state index in [4.69, 9.17) is 10.8 Å². The first-order chi connectivity index (χ1) is 9.70. The average molecular weight is 300 g/mol. The normalized spacial score (nSPS) is 11.4. The van der Waals surface area contributed by atoms with E-state index in [0.717, 1.165) is 24.3 Å². The van der Waals surface area contributed by atoms with Gasteiger partial charge in [0, 0.05) is 17.4 Å². The molecule has 110 valence electrons. The topological polar surface area (TPSA) is 76.2 Å². The van der Waals surface area contributed by atoms with Crippen LogP contribution < -0.4 is 5.73 Å². The third-order valence-corrected chi connectivity index (χ3v) is 2.72. The van der Waals surface area contributed by atoms with E-state index in [9.17, 15) is 22.4 Å². The van der Waals surface area contributed by atoms with Gasteiger partial charge in [-0.1, -0.05) is 0 Å². The smallest absolute Gasteiger partial charge is 0.417 e. The maximum atomic E-state index is 13.6. The van der Waals surface area contributed by atoms with Crippen LogP contribution in [0, 0.1) is 5.82 Å². The number of hydrogen-bond donors (Lipinski definition) is 2. The van der Waals surface area contributed by atoms with Crippen molar-refractivity contribution in [3.63, 3.8) is 0 Å². The van der Waals surface area contributed by atoms with E-state index in [-0.39, 0.29) is 16.9 Å². The zero-order valence-corrected chi connectivity index (χ0v) is 10.3. The first-order valence-corrected chi connectivity index (χ1v) is 5.56. The van der Waals surface area contributed by atoms with Crippen molar-refractivity contribution in [3.8, 4) is 11.3 Å². The summed E-state index contributed by atoms with van der Waals surface area (Å²) >= 11 is 0. The molecule has 8 heteroatoms. The van der Waals surface area contributed by atoms with Crippen molar-refractivity contribution in [1.29, 1.82) is 0 Å². The summed E-state index contributed by atoms with van der Waals surface area (Å²) < 4.78 is 50.9. The molecule has 0 aliphatic carbocycles. The number of carboxylic acid groups (broad SMARTS) is 1. The summed E-state index contributed by atoms with van der Waals surface area (Å²) in [4.78, 5) is 14.4. The van der Waals surface area contributed by atoms with Gasteiger partial charge >= 0.3 is 12.1 Å². The molecule has 2 aromatic rings. The Morgan fingerprint density at radius 1 is 1.24 bits per heavy atom. The minimum Gasteiger partial charge on any atom is -0.478 e. The van der Waals surface area contributed by atoms with Gasteiger partial charge in [0.1, 0.15) is 11.4 Å². The summed E-state index contributed by atoms with van der Waals surface area (Å²) in [5, 5.41) is 8.77. The fraction of sp³-hybridized carbons (Fsp3) is 0.0769. The summed E-state index contributed by atoms with van der Waals surface area (Å²) in [5.74, 6) is -2.61. The minimum absolute atomic E-state index is 0.0468. The van der Waals surface area contributed by atoms with Crippen molar-refractivity contribution in [1.82, 2.24) is 4.98 Å². The van der Waals surface area contributed by atoms with Crippen LogP contribution in [-0.2, 0) is 6.18 Å². The first kappa shape index (κ1) is 14.8. The minimum atomic E-state index is -4.52. The number of hydrogen-bond acceptors (Lipinski definition) is 3. The lowest BCUT2D eigenvalue weighted by Crippen LogP contribution is -2.07. The summed E-state index contributed by atoms with van der Waals surface area (Å²) in [7, 11) is 0. The van der Waals surface area contributed by atoms with Gasteiger partial charge in [0.05, 0.1) is 11.3 Å². The highest BCUT2D eigenvalue weighted by Crippen LogP contribution is 2.31. The molecule has 0 unspecified atom stereocenters. The number of aromatic carboxylic acids is 1. The number of alkyl halides is 3. The van der Waals surface area contributed by atoms with Crippen LogP contribution in [0.4, 0.5) is 23.2 Å². The molecule has 1 aromatic heterocycles. The molecule has 1 aromatic carbocycles. The van der Waals surface area contributed by atoms with Gasteiger partial charge in [-0.05, 0) is 24.3 Å². The van der Waals surface area contributed by atoms with Gasteiger partial charge in [-0.2, -0.15) is 13.2 Å². The number of pyridine rings is 1. The maximum Gasteiger partial charge on any atom is 0.417 e. The van der Waals surface area contributed by atoms with E-state index in [1.165, 1.54) is 0 Å². The second kappa shape index (κ2) is 5.04. The number of halogens is 4. The van der Waals surface area contributed by atoms with Crippen molar-refractivity contribution in [3.05, 3.63) is 47.4 Å². The Labute approximate surface area is 115 Å². The van der Waals surface area contributed by atoms with Crippen LogP contribution >= 0.6 is 0 Å². The molecule has 0 saturated heterocycles. The number of carboxylic acids is 1. The second-order valence-electron chi connectivity index (χ2n) is 4.16. The maximum absolute atomic E-state index is 13.6. The summed E-state index contributed by atoms with van der Waals surface area (Å²) in [6.07, 6.45) is -3.92. The van der Waals surface area contributed by atoms with E-state index in [1.54, 1.807) is 0 Å². The monoisotopic (exact) mass is 300 g/mol. The number of nitrogens with two attached hydrogens (primary N) is 1. The highest BCUT2D eigenvalue weighted by molar-refractivity contribution is 5.95. The van der Waals surface area contributed by atoms with Gasteiger partial charge in [0.25, 0.3) is 0 Å². The number of benzene rings is 1. The van der Waals surface area contributed by atoms with Gasteiger partial charge in [-0.3, -0.25) is 4.98 Å². The van der Waals surface area contributed by atoms with Crippen molar-refractivity contribution in [2.75, 3.05) is 5.73 Å². The number of nitrogens with zero attached hydrogens (tertiary/aromatic N) is 1. The molecular formula is C13H8F4N2O2. The number of carbonyl (C=O) groups is 1. The lowest BCUT2D eigenvalue weighted by atomic mass is 10.0. The molecule has 2 rings (SSSR count). The molecule has 3 N–H and O–H groups in total. The van der Waals surface area contributed by atoms with E-state index in [2.05, 4.69) is 4.98 Å². The molecule has 0 fully saturated rings. The lowest BCUT2D eigenvalue weighted by Gasteiger charge is -2.09. The number of anilines is 1. The van der Waals surface area contributed by atoms with Crippen LogP contribution in [0.1, 0.15) is 15.9 Å². The van der Waals surface area contributed by atoms with Gasteiger partial charge < -0.3 is 10.8 Å². The molecule has 0 amide bonds. The molecule has 0 spiro atoms. The number of nitrogen functional groups attached to an aromatic ring is 1. The molecule has 4 nitrogen and oxygen atoms in total. The lowest BCUT2D eigenvalue weighted by molar-refractivity contribution is -0.137. The van der Waals surface area contributed by atoms with Gasteiger partial charge in [0.2, 0.25) is 0 Å². The fourth-order valence-corrected chi connectivity index (χ4v) is 1.73. The van der Waals surface area contributed by atoms with Crippen LogP contribution in [0.3, 0.4) is 0 Å². The Bertz CT molecular complexity index is 673. The molecule has 0 aliphatic rings. The molecule has 21 heavy (non-hydrogen) atoms. The van der Waals surface area contributed by atoms with E-state index in [0.29, 0.717) is 6.20 Å². The van der Waals surface area contributed by atoms with E-state index >= 15 is 0 Å². The van der Waals surface area contributed by atoms with Crippen LogP contribution in [0.25, 0.3) is 11.3 Å². The second-order valence-corrected chi connectivity index (χ2v) is 4.16. The predicted molar refractivity (Wildman–Crippen MR) is 66.0 cm³/mol. The zero-order chi connectivity index (χ0) is 15.8. The highest BCUT2D eigenvalue weighted by atomic mass is 19.4. The summed E-state index contributed by atoms with van der Waals surface area (Å²) in [6, 6.07) is 3.84. The third-order valence-electron chi connectivity index (χ3n) is 2.72. The van der Waals surface area contributed by atoms with Gasteiger partial charge in [-0.15, -0.1) is 0 Å². The standard InChI is InChI=1S/C13H8F4N2O2/c14-8-3-6(4-9(18)11(8)12(20)21)10-2-1-7(5-19-10)13(15,16)17/h1-5H,18H2,(H,20,21). The third kappa shape index (κ3) is 2.93. The Morgan fingerprint density at radius 2 is 1.90 bits per heavy atom. The molecule has 0 aliphatic heterocycles. The Kier molecular flexibility index (Phi) is 3.54. The molecule has 0 bridgehead atoms. The highest BCUT2D eigenvalue weighted by Gasteiger charge is 2.30. The summed E-state index contributed by atoms with van der Waals surface area (Å²) in [5.41, 5.74) is 3.60. The number of rotatable bonds is 2. The Balaban J connectivity index is 2.46. The quantitative estimate of drug-likeness (QED) is 0.659. The Morgan fingerprint density at radius 3 is 2.33 bits per heavy atom. The van der Waals surface area contributed by atoms with Crippen molar-refractivity contribution >= 4 is 11.7 Å². The van der Waals surface area contributed by atoms with Crippen molar-refractivity contribution in [2.24, 2.45) is 0 Å².